The highest BCUT2D eigenvalue weighted by atomic mass is 35.5. The first-order chi connectivity index (χ1) is 14.7. The minimum atomic E-state index is -3.80. The molecule has 0 spiro atoms. The summed E-state index contributed by atoms with van der Waals surface area (Å²) in [6.07, 6.45) is 1.50. The Kier molecular flexibility index (Phi) is 6.94. The van der Waals surface area contributed by atoms with Crippen LogP contribution in [-0.4, -0.2) is 36.8 Å². The maximum atomic E-state index is 12.7. The monoisotopic (exact) mass is 459 g/mol. The van der Waals surface area contributed by atoms with Crippen LogP contribution in [0.15, 0.2) is 76.6 Å². The van der Waals surface area contributed by atoms with Gasteiger partial charge >= 0.3 is 0 Å². The van der Waals surface area contributed by atoms with Crippen molar-refractivity contribution >= 4 is 33.2 Å². The summed E-state index contributed by atoms with van der Waals surface area (Å²) in [5.74, 6) is -0.527. The largest absolute Gasteiger partial charge is 0.324 e. The minimum Gasteiger partial charge on any atom is -0.324 e. The third-order valence-electron chi connectivity index (χ3n) is 4.66. The second-order valence-electron chi connectivity index (χ2n) is 7.10. The van der Waals surface area contributed by atoms with Gasteiger partial charge in [-0.15, -0.1) is 0 Å². The number of rotatable bonds is 7. The first kappa shape index (κ1) is 22.7. The summed E-state index contributed by atoms with van der Waals surface area (Å²) < 4.78 is 27.7. The van der Waals surface area contributed by atoms with Crippen molar-refractivity contribution in [3.63, 3.8) is 0 Å². The van der Waals surface area contributed by atoms with Crippen LogP contribution < -0.4 is 10.9 Å². The van der Waals surface area contributed by atoms with Gasteiger partial charge in [-0.05, 0) is 36.8 Å². The zero-order valence-corrected chi connectivity index (χ0v) is 18.7. The van der Waals surface area contributed by atoms with E-state index in [1.807, 2.05) is 19.1 Å². The highest BCUT2D eigenvalue weighted by Gasteiger charge is 2.23. The Morgan fingerprint density at radius 3 is 2.42 bits per heavy atom. The molecular formula is C22H22ClN3O4S. The number of amides is 1. The maximum absolute atomic E-state index is 12.7. The lowest BCUT2D eigenvalue weighted by Gasteiger charge is -2.17. The van der Waals surface area contributed by atoms with Crippen LogP contribution in [0.2, 0.25) is 5.02 Å². The number of hydrogen-bond donors (Lipinski definition) is 1. The second-order valence-corrected chi connectivity index (χ2v) is 9.55. The number of anilines is 1. The third kappa shape index (κ3) is 5.61. The summed E-state index contributed by atoms with van der Waals surface area (Å²) in [4.78, 5) is 24.7. The lowest BCUT2D eigenvalue weighted by atomic mass is 10.2. The van der Waals surface area contributed by atoms with E-state index in [1.165, 1.54) is 42.1 Å². The molecule has 0 aliphatic carbocycles. The van der Waals surface area contributed by atoms with Crippen LogP contribution in [0.25, 0.3) is 0 Å². The summed E-state index contributed by atoms with van der Waals surface area (Å²) in [5, 5.41) is 3.17. The van der Waals surface area contributed by atoms with E-state index in [0.717, 1.165) is 15.4 Å². The lowest BCUT2D eigenvalue weighted by Crippen LogP contribution is -2.35. The highest BCUT2D eigenvalue weighted by molar-refractivity contribution is 7.89. The number of halogens is 1. The standard InChI is InChI=1S/C22H22ClN3O4S/c1-16-7-10-19(11-8-16)31(29,30)25(2)15-21(27)24-18-9-12-22(28)26(14-18)13-17-5-3-4-6-20(17)23/h3-12,14H,13,15H2,1-2H3,(H,24,27). The van der Waals surface area contributed by atoms with Crippen molar-refractivity contribution in [2.45, 2.75) is 18.4 Å². The van der Waals surface area contributed by atoms with Crippen LogP contribution in [0.4, 0.5) is 5.69 Å². The van der Waals surface area contributed by atoms with E-state index >= 15 is 0 Å². The summed E-state index contributed by atoms with van der Waals surface area (Å²) in [6.45, 7) is 1.72. The Balaban J connectivity index is 1.71. The second kappa shape index (κ2) is 9.47. The molecule has 0 bridgehead atoms. The van der Waals surface area contributed by atoms with E-state index in [9.17, 15) is 18.0 Å². The molecule has 0 saturated heterocycles. The molecule has 0 fully saturated rings. The first-order valence-corrected chi connectivity index (χ1v) is 11.3. The Morgan fingerprint density at radius 1 is 1.06 bits per heavy atom. The van der Waals surface area contributed by atoms with Crippen molar-refractivity contribution in [2.24, 2.45) is 0 Å². The van der Waals surface area contributed by atoms with Gasteiger partial charge in [0.05, 0.1) is 23.7 Å². The number of aromatic nitrogens is 1. The van der Waals surface area contributed by atoms with Gasteiger partial charge in [0.25, 0.3) is 5.56 Å². The van der Waals surface area contributed by atoms with Crippen LogP contribution in [0.5, 0.6) is 0 Å². The van der Waals surface area contributed by atoms with Gasteiger partial charge in [0, 0.05) is 24.3 Å². The van der Waals surface area contributed by atoms with Crippen LogP contribution in [0, 0.1) is 6.92 Å². The normalized spacial score (nSPS) is 11.5. The molecule has 1 N–H and O–H groups in total. The third-order valence-corrected chi connectivity index (χ3v) is 6.85. The molecule has 3 rings (SSSR count). The fourth-order valence-corrected chi connectivity index (χ4v) is 4.24. The topological polar surface area (TPSA) is 88.5 Å². The number of carbonyl (C=O) groups is 1. The van der Waals surface area contributed by atoms with E-state index in [2.05, 4.69) is 5.32 Å². The summed E-state index contributed by atoms with van der Waals surface area (Å²) in [5.41, 5.74) is 1.82. The molecule has 0 atom stereocenters. The molecule has 0 aliphatic rings. The Morgan fingerprint density at radius 2 is 1.74 bits per heavy atom. The molecule has 3 aromatic rings. The van der Waals surface area contributed by atoms with E-state index in [-0.39, 0.29) is 23.5 Å². The molecule has 1 aromatic heterocycles. The average Bonchev–Trinajstić information content (AvgIpc) is 2.72. The molecule has 0 radical (unpaired) electrons. The number of nitrogens with one attached hydrogen (secondary N) is 1. The van der Waals surface area contributed by atoms with Crippen molar-refractivity contribution in [3.05, 3.63) is 93.4 Å². The van der Waals surface area contributed by atoms with Gasteiger partial charge in [-0.2, -0.15) is 4.31 Å². The van der Waals surface area contributed by atoms with Crippen LogP contribution >= 0.6 is 11.6 Å². The molecule has 162 valence electrons. The molecule has 0 unspecified atom stereocenters. The first-order valence-electron chi connectivity index (χ1n) is 9.43. The quantitative estimate of drug-likeness (QED) is 0.588. The van der Waals surface area contributed by atoms with Gasteiger partial charge in [-0.25, -0.2) is 8.42 Å². The fourth-order valence-electron chi connectivity index (χ4n) is 2.92. The average molecular weight is 460 g/mol. The number of nitrogens with zero attached hydrogens (tertiary/aromatic N) is 2. The zero-order chi connectivity index (χ0) is 22.6. The Bertz CT molecular complexity index is 1250. The summed E-state index contributed by atoms with van der Waals surface area (Å²) in [6, 6.07) is 16.4. The van der Waals surface area contributed by atoms with Crippen molar-refractivity contribution in [3.8, 4) is 0 Å². The number of hydrogen-bond acceptors (Lipinski definition) is 4. The number of carbonyl (C=O) groups excluding carboxylic acids is 1. The van der Waals surface area contributed by atoms with Crippen molar-refractivity contribution < 1.29 is 13.2 Å². The van der Waals surface area contributed by atoms with Gasteiger partial charge in [0.1, 0.15) is 0 Å². The van der Waals surface area contributed by atoms with Crippen molar-refractivity contribution in [1.82, 2.24) is 8.87 Å². The maximum Gasteiger partial charge on any atom is 0.250 e. The fraction of sp³-hybridized carbons (Fsp3) is 0.182. The van der Waals surface area contributed by atoms with E-state index in [1.54, 1.807) is 24.3 Å². The molecule has 31 heavy (non-hydrogen) atoms. The molecule has 2 aromatic carbocycles. The van der Waals surface area contributed by atoms with Gasteiger partial charge in [-0.3, -0.25) is 9.59 Å². The zero-order valence-electron chi connectivity index (χ0n) is 17.1. The lowest BCUT2D eigenvalue weighted by molar-refractivity contribution is -0.116. The van der Waals surface area contributed by atoms with Crippen LogP contribution in [0.1, 0.15) is 11.1 Å². The predicted octanol–water partition coefficient (Wildman–Crippen LogP) is 3.12. The van der Waals surface area contributed by atoms with Crippen molar-refractivity contribution in [1.29, 1.82) is 0 Å². The number of pyridine rings is 1. The molecular weight excluding hydrogens is 438 g/mol. The minimum absolute atomic E-state index is 0.113. The smallest absolute Gasteiger partial charge is 0.250 e. The SMILES string of the molecule is Cc1ccc(S(=O)(=O)N(C)CC(=O)Nc2ccc(=O)n(Cc3ccccc3Cl)c2)cc1. The molecule has 7 nitrogen and oxygen atoms in total. The van der Waals surface area contributed by atoms with E-state index < -0.39 is 15.9 Å². The summed E-state index contributed by atoms with van der Waals surface area (Å²) >= 11 is 6.16. The Labute approximate surface area is 185 Å². The van der Waals surface area contributed by atoms with Crippen LogP contribution in [-0.2, 0) is 21.4 Å². The summed E-state index contributed by atoms with van der Waals surface area (Å²) in [7, 11) is -2.46. The Hall–Kier alpha value is -2.94. The highest BCUT2D eigenvalue weighted by Crippen LogP contribution is 2.17. The molecule has 0 aliphatic heterocycles. The molecule has 0 saturated carbocycles. The van der Waals surface area contributed by atoms with Crippen molar-refractivity contribution in [2.75, 3.05) is 18.9 Å². The number of sulfonamides is 1. The van der Waals surface area contributed by atoms with E-state index in [0.29, 0.717) is 10.7 Å². The molecule has 1 amide bonds. The van der Waals surface area contributed by atoms with Gasteiger partial charge < -0.3 is 9.88 Å². The number of likely N-dealkylation sites (N-methyl/N-ethyl adjacent to an activating group) is 1. The van der Waals surface area contributed by atoms with Gasteiger partial charge in [0.2, 0.25) is 15.9 Å². The molecule has 9 heteroatoms. The molecule has 1 heterocycles. The number of benzene rings is 2. The van der Waals surface area contributed by atoms with Gasteiger partial charge in [0.15, 0.2) is 0 Å². The van der Waals surface area contributed by atoms with Crippen LogP contribution in [0.3, 0.4) is 0 Å². The predicted molar refractivity (Wildman–Crippen MR) is 121 cm³/mol. The van der Waals surface area contributed by atoms with E-state index in [4.69, 9.17) is 11.6 Å². The van der Waals surface area contributed by atoms with Gasteiger partial charge in [-0.1, -0.05) is 47.5 Å². The number of aryl methyl sites for hydroxylation is 1.